The van der Waals surface area contributed by atoms with Gasteiger partial charge < -0.3 is 14.8 Å². The molecule has 0 fully saturated rings. The first-order chi connectivity index (χ1) is 12.1. The molecule has 1 aliphatic rings. The van der Waals surface area contributed by atoms with Crippen molar-refractivity contribution >= 4 is 23.2 Å². The molecule has 2 N–H and O–H groups in total. The summed E-state index contributed by atoms with van der Waals surface area (Å²) in [5, 5.41) is 6.67. The van der Waals surface area contributed by atoms with Crippen molar-refractivity contribution in [2.75, 3.05) is 12.1 Å². The van der Waals surface area contributed by atoms with E-state index in [0.29, 0.717) is 28.5 Å². The van der Waals surface area contributed by atoms with E-state index in [9.17, 15) is 9.59 Å². The third-order valence-corrected chi connectivity index (χ3v) is 3.34. The Kier molecular flexibility index (Phi) is 4.89. The molecular weight excluding hydrogens is 324 g/mol. The summed E-state index contributed by atoms with van der Waals surface area (Å²) in [5.74, 6) is 0.597. The van der Waals surface area contributed by atoms with E-state index in [4.69, 9.17) is 9.47 Å². The van der Waals surface area contributed by atoms with Crippen LogP contribution in [0.3, 0.4) is 0 Å². The minimum absolute atomic E-state index is 0.0434. The van der Waals surface area contributed by atoms with Crippen LogP contribution in [0.2, 0.25) is 0 Å². The number of fused-ring (bicyclic) bond motifs is 1. The Bertz CT molecular complexity index is 821. The van der Waals surface area contributed by atoms with Crippen LogP contribution in [0.1, 0.15) is 23.7 Å². The number of anilines is 1. The Morgan fingerprint density at radius 1 is 1.24 bits per heavy atom. The van der Waals surface area contributed by atoms with E-state index in [0.717, 1.165) is 0 Å². The number of aromatic nitrogens is 1. The Morgan fingerprint density at radius 3 is 2.88 bits per heavy atom. The quantitative estimate of drug-likeness (QED) is 0.640. The summed E-state index contributed by atoms with van der Waals surface area (Å²) in [5.41, 5.74) is 3.85. The van der Waals surface area contributed by atoms with Gasteiger partial charge in [0.25, 0.3) is 5.91 Å². The average Bonchev–Trinajstić information content (AvgIpc) is 3.08. The molecule has 0 spiro atoms. The lowest BCUT2D eigenvalue weighted by Gasteiger charge is -2.06. The second-order valence-corrected chi connectivity index (χ2v) is 5.32. The molecule has 1 aromatic carbocycles. The average molecular weight is 340 g/mol. The van der Waals surface area contributed by atoms with Crippen molar-refractivity contribution in [1.82, 2.24) is 10.4 Å². The van der Waals surface area contributed by atoms with Gasteiger partial charge in [0.1, 0.15) is 0 Å². The van der Waals surface area contributed by atoms with Gasteiger partial charge >= 0.3 is 0 Å². The summed E-state index contributed by atoms with van der Waals surface area (Å²) in [6.45, 7) is 1.83. The third kappa shape index (κ3) is 4.31. The fourth-order valence-electron chi connectivity index (χ4n) is 2.16. The van der Waals surface area contributed by atoms with E-state index in [1.807, 2.05) is 0 Å². The number of amides is 2. The van der Waals surface area contributed by atoms with Crippen molar-refractivity contribution in [1.29, 1.82) is 0 Å². The Balaban J connectivity index is 1.52. The van der Waals surface area contributed by atoms with Crippen LogP contribution in [0.5, 0.6) is 11.5 Å². The van der Waals surface area contributed by atoms with Gasteiger partial charge in [-0.2, -0.15) is 5.10 Å². The second-order valence-electron chi connectivity index (χ2n) is 5.32. The van der Waals surface area contributed by atoms with Crippen LogP contribution in [-0.2, 0) is 4.79 Å². The van der Waals surface area contributed by atoms with E-state index in [1.54, 1.807) is 43.5 Å². The van der Waals surface area contributed by atoms with E-state index in [1.165, 1.54) is 6.20 Å². The van der Waals surface area contributed by atoms with Gasteiger partial charge in [0.05, 0.1) is 12.0 Å². The minimum Gasteiger partial charge on any atom is -0.454 e. The van der Waals surface area contributed by atoms with E-state index in [2.05, 4.69) is 20.8 Å². The van der Waals surface area contributed by atoms with Crippen molar-refractivity contribution in [3.63, 3.8) is 0 Å². The summed E-state index contributed by atoms with van der Waals surface area (Å²) in [7, 11) is 0. The van der Waals surface area contributed by atoms with E-state index in [-0.39, 0.29) is 25.0 Å². The maximum atomic E-state index is 12.1. The highest BCUT2D eigenvalue weighted by atomic mass is 16.7. The van der Waals surface area contributed by atoms with E-state index >= 15 is 0 Å². The van der Waals surface area contributed by atoms with Gasteiger partial charge in [-0.15, -0.1) is 0 Å². The first-order valence-electron chi connectivity index (χ1n) is 7.55. The van der Waals surface area contributed by atoms with Crippen molar-refractivity contribution in [3.8, 4) is 11.5 Å². The maximum Gasteiger partial charge on any atom is 0.272 e. The van der Waals surface area contributed by atoms with Gasteiger partial charge in [0.15, 0.2) is 11.5 Å². The number of ether oxygens (including phenoxy) is 2. The molecule has 1 aliphatic heterocycles. The molecule has 0 saturated carbocycles. The molecule has 2 heterocycles. The van der Waals surface area contributed by atoms with Gasteiger partial charge in [0, 0.05) is 29.9 Å². The van der Waals surface area contributed by atoms with Crippen LogP contribution < -0.4 is 20.2 Å². The molecule has 2 aromatic rings. The van der Waals surface area contributed by atoms with Gasteiger partial charge in [-0.05, 0) is 31.2 Å². The smallest absolute Gasteiger partial charge is 0.272 e. The van der Waals surface area contributed by atoms with Crippen LogP contribution in [0.4, 0.5) is 5.69 Å². The molecular formula is C17H16N4O4. The molecule has 3 rings (SSSR count). The number of nitrogens with zero attached hydrogens (tertiary/aromatic N) is 2. The van der Waals surface area contributed by atoms with Crippen LogP contribution in [0.15, 0.2) is 47.8 Å². The standard InChI is InChI=1S/C17H16N4O4/c1-11(20-21-17(23)12-3-2-6-18-9-12)7-16(22)19-13-4-5-14-15(8-13)25-10-24-14/h2-6,8-9H,7,10H2,1H3,(H,19,22)(H,21,23)/b20-11+. The lowest BCUT2D eigenvalue weighted by Crippen LogP contribution is -2.21. The monoisotopic (exact) mass is 340 g/mol. The fourth-order valence-corrected chi connectivity index (χ4v) is 2.16. The molecule has 25 heavy (non-hydrogen) atoms. The van der Waals surface area contributed by atoms with E-state index < -0.39 is 0 Å². The largest absolute Gasteiger partial charge is 0.454 e. The van der Waals surface area contributed by atoms with Crippen molar-refractivity contribution in [2.45, 2.75) is 13.3 Å². The molecule has 2 amide bonds. The summed E-state index contributed by atoms with van der Waals surface area (Å²) in [6, 6.07) is 8.43. The van der Waals surface area contributed by atoms with Gasteiger partial charge in [-0.25, -0.2) is 5.43 Å². The molecule has 0 unspecified atom stereocenters. The van der Waals surface area contributed by atoms with Crippen molar-refractivity contribution in [2.24, 2.45) is 5.10 Å². The number of rotatable bonds is 5. The van der Waals surface area contributed by atoms with Crippen LogP contribution in [0.25, 0.3) is 0 Å². The number of hydrogen-bond acceptors (Lipinski definition) is 6. The normalized spacial score (nSPS) is 12.6. The zero-order valence-electron chi connectivity index (χ0n) is 13.5. The highest BCUT2D eigenvalue weighted by Gasteiger charge is 2.14. The number of hydrazone groups is 1. The predicted molar refractivity (Wildman–Crippen MR) is 90.6 cm³/mol. The van der Waals surface area contributed by atoms with Gasteiger partial charge in [0.2, 0.25) is 12.7 Å². The Labute approximate surface area is 143 Å². The summed E-state index contributed by atoms with van der Waals surface area (Å²) in [4.78, 5) is 27.8. The molecule has 8 heteroatoms. The first kappa shape index (κ1) is 16.4. The number of nitrogens with one attached hydrogen (secondary N) is 2. The third-order valence-electron chi connectivity index (χ3n) is 3.34. The number of carbonyl (C=O) groups excluding carboxylic acids is 2. The Morgan fingerprint density at radius 2 is 2.08 bits per heavy atom. The molecule has 0 radical (unpaired) electrons. The van der Waals surface area contributed by atoms with Gasteiger partial charge in [-0.1, -0.05) is 0 Å². The number of carbonyl (C=O) groups is 2. The summed E-state index contributed by atoms with van der Waals surface area (Å²) >= 11 is 0. The number of benzene rings is 1. The van der Waals surface area contributed by atoms with Crippen molar-refractivity contribution < 1.29 is 19.1 Å². The molecule has 1 aromatic heterocycles. The zero-order valence-corrected chi connectivity index (χ0v) is 13.5. The van der Waals surface area contributed by atoms with Gasteiger partial charge in [-0.3, -0.25) is 14.6 Å². The maximum absolute atomic E-state index is 12.1. The second kappa shape index (κ2) is 7.43. The highest BCUT2D eigenvalue weighted by molar-refractivity contribution is 6.06. The van der Waals surface area contributed by atoms with Crippen molar-refractivity contribution in [3.05, 3.63) is 48.3 Å². The first-order valence-corrected chi connectivity index (χ1v) is 7.55. The number of pyridine rings is 1. The molecule has 128 valence electrons. The topological polar surface area (TPSA) is 102 Å². The zero-order chi connectivity index (χ0) is 17.6. The lowest BCUT2D eigenvalue weighted by atomic mass is 10.2. The Hall–Kier alpha value is -3.42. The highest BCUT2D eigenvalue weighted by Crippen LogP contribution is 2.34. The number of hydrogen-bond donors (Lipinski definition) is 2. The van der Waals surface area contributed by atoms with Crippen LogP contribution in [-0.4, -0.2) is 29.3 Å². The fraction of sp³-hybridized carbons (Fsp3) is 0.176. The predicted octanol–water partition coefficient (Wildman–Crippen LogP) is 1.94. The molecule has 8 nitrogen and oxygen atoms in total. The molecule has 0 bridgehead atoms. The SMILES string of the molecule is C/C(CC(=O)Nc1ccc2c(c1)OCO2)=N\NC(=O)c1cccnc1. The van der Waals surface area contributed by atoms with Crippen LogP contribution in [0, 0.1) is 0 Å². The lowest BCUT2D eigenvalue weighted by molar-refractivity contribution is -0.115. The molecule has 0 saturated heterocycles. The van der Waals surface area contributed by atoms with Crippen LogP contribution >= 0.6 is 0 Å². The summed E-state index contributed by atoms with van der Waals surface area (Å²) in [6.07, 6.45) is 3.06. The molecule has 0 aliphatic carbocycles. The minimum atomic E-state index is -0.386. The summed E-state index contributed by atoms with van der Waals surface area (Å²) < 4.78 is 10.5. The molecule has 0 atom stereocenters.